The number of aromatic nitrogens is 4. The first-order chi connectivity index (χ1) is 18.2. The van der Waals surface area contributed by atoms with Gasteiger partial charge in [0.2, 0.25) is 0 Å². The van der Waals surface area contributed by atoms with Crippen LogP contribution in [0.5, 0.6) is 0 Å². The fourth-order valence-corrected chi connectivity index (χ4v) is 4.15. The first-order valence-corrected chi connectivity index (χ1v) is 11.7. The predicted molar refractivity (Wildman–Crippen MR) is 138 cm³/mol. The summed E-state index contributed by atoms with van der Waals surface area (Å²) in [6.45, 7) is 2.05. The topological polar surface area (TPSA) is 101 Å². The number of carbonyl (C=O) groups is 1. The monoisotopic (exact) mass is 516 g/mol. The minimum absolute atomic E-state index is 0.0129. The van der Waals surface area contributed by atoms with Crippen molar-refractivity contribution in [1.29, 1.82) is 0 Å². The second-order valence-electron chi connectivity index (χ2n) is 8.93. The van der Waals surface area contributed by atoms with Gasteiger partial charge >= 0.3 is 6.18 Å². The fraction of sp³-hybridized carbons (Fsp3) is 0.143. The summed E-state index contributed by atoms with van der Waals surface area (Å²) in [5.41, 5.74) is 8.94. The molecule has 10 heteroatoms. The molecule has 5 aromatic rings. The Hall–Kier alpha value is -4.73. The molecular formula is C28H23F3N6O. The van der Waals surface area contributed by atoms with Gasteiger partial charge in [-0.1, -0.05) is 18.2 Å². The number of imidazole rings is 1. The molecule has 3 heterocycles. The zero-order valence-corrected chi connectivity index (χ0v) is 20.3. The number of benzene rings is 2. The van der Waals surface area contributed by atoms with Crippen molar-refractivity contribution in [2.24, 2.45) is 0 Å². The van der Waals surface area contributed by atoms with Crippen molar-refractivity contribution < 1.29 is 18.0 Å². The Morgan fingerprint density at radius 1 is 1.03 bits per heavy atom. The van der Waals surface area contributed by atoms with E-state index in [1.54, 1.807) is 35.5 Å². The zero-order valence-electron chi connectivity index (χ0n) is 20.3. The molecule has 0 spiro atoms. The zero-order chi connectivity index (χ0) is 26.9. The summed E-state index contributed by atoms with van der Waals surface area (Å²) >= 11 is 0. The number of rotatable bonds is 6. The molecule has 0 unspecified atom stereocenters. The van der Waals surface area contributed by atoms with E-state index in [4.69, 9.17) is 5.73 Å². The number of anilines is 1. The van der Waals surface area contributed by atoms with Crippen LogP contribution in [-0.4, -0.2) is 30.7 Å². The summed E-state index contributed by atoms with van der Waals surface area (Å²) in [5.74, 6) is 0.806. The average molecular weight is 517 g/mol. The number of alkyl halides is 3. The summed E-state index contributed by atoms with van der Waals surface area (Å²) < 4.78 is 39.1. The highest BCUT2D eigenvalue weighted by molar-refractivity contribution is 5.98. The van der Waals surface area contributed by atoms with Gasteiger partial charge in [-0.2, -0.15) is 13.2 Å². The third-order valence-electron chi connectivity index (χ3n) is 6.16. The molecule has 0 saturated heterocycles. The number of hydrogen-bond acceptors (Lipinski definition) is 5. The number of halogens is 3. The minimum atomic E-state index is -4.49. The Morgan fingerprint density at radius 2 is 1.87 bits per heavy atom. The van der Waals surface area contributed by atoms with E-state index >= 15 is 0 Å². The van der Waals surface area contributed by atoms with Gasteiger partial charge in [0.1, 0.15) is 11.6 Å². The molecule has 0 bridgehead atoms. The van der Waals surface area contributed by atoms with Gasteiger partial charge in [-0.3, -0.25) is 9.78 Å². The number of nitrogens with zero attached hydrogens (tertiary/aromatic N) is 4. The lowest BCUT2D eigenvalue weighted by molar-refractivity contribution is -0.137. The van der Waals surface area contributed by atoms with Gasteiger partial charge < -0.3 is 15.6 Å². The molecule has 0 fully saturated rings. The maximum atomic E-state index is 13.7. The normalized spacial score (nSPS) is 11.6. The van der Waals surface area contributed by atoms with E-state index in [0.717, 1.165) is 34.3 Å². The van der Waals surface area contributed by atoms with E-state index < -0.39 is 11.7 Å². The van der Waals surface area contributed by atoms with Crippen LogP contribution in [-0.2, 0) is 19.3 Å². The molecule has 0 aliphatic carbocycles. The lowest BCUT2D eigenvalue weighted by Crippen LogP contribution is -2.30. The number of aryl methyl sites for hydroxylation is 1. The molecule has 0 radical (unpaired) electrons. The highest BCUT2D eigenvalue weighted by Gasteiger charge is 2.30. The van der Waals surface area contributed by atoms with Gasteiger partial charge in [0.15, 0.2) is 0 Å². The van der Waals surface area contributed by atoms with Crippen molar-refractivity contribution >= 4 is 22.6 Å². The molecule has 0 atom stereocenters. The number of nitrogens with one attached hydrogen (secondary N) is 1. The van der Waals surface area contributed by atoms with Crippen LogP contribution < -0.4 is 5.73 Å². The van der Waals surface area contributed by atoms with Gasteiger partial charge in [-0.15, -0.1) is 0 Å². The number of nitrogens with two attached hydrogens (primary N) is 1. The summed E-state index contributed by atoms with van der Waals surface area (Å²) in [6, 6.07) is 16.8. The van der Waals surface area contributed by atoms with Crippen LogP contribution in [0.1, 0.15) is 32.7 Å². The highest BCUT2D eigenvalue weighted by atomic mass is 19.4. The second-order valence-corrected chi connectivity index (χ2v) is 8.93. The predicted octanol–water partition coefficient (Wildman–Crippen LogP) is 5.77. The van der Waals surface area contributed by atoms with Crippen LogP contribution in [0.3, 0.4) is 0 Å². The summed E-state index contributed by atoms with van der Waals surface area (Å²) in [6.07, 6.45) is -0.339. The Labute approximate surface area is 216 Å². The van der Waals surface area contributed by atoms with Crippen LogP contribution >= 0.6 is 0 Å². The van der Waals surface area contributed by atoms with Crippen LogP contribution in [0, 0.1) is 6.92 Å². The van der Waals surface area contributed by atoms with Crippen molar-refractivity contribution in [2.75, 3.05) is 5.73 Å². The number of aromatic amines is 1. The smallest absolute Gasteiger partial charge is 0.383 e. The number of pyridine rings is 2. The van der Waals surface area contributed by atoms with Crippen LogP contribution in [0.15, 0.2) is 79.3 Å². The molecule has 38 heavy (non-hydrogen) atoms. The molecule has 7 nitrogen and oxygen atoms in total. The van der Waals surface area contributed by atoms with E-state index in [1.807, 2.05) is 37.3 Å². The first-order valence-electron chi connectivity index (χ1n) is 11.7. The van der Waals surface area contributed by atoms with E-state index in [1.165, 1.54) is 6.07 Å². The van der Waals surface area contributed by atoms with Crippen molar-refractivity contribution in [2.45, 2.75) is 26.2 Å². The number of fused-ring (bicyclic) bond motifs is 1. The highest BCUT2D eigenvalue weighted by Crippen LogP contribution is 2.29. The van der Waals surface area contributed by atoms with Crippen LogP contribution in [0.25, 0.3) is 22.3 Å². The Kier molecular flexibility index (Phi) is 6.54. The van der Waals surface area contributed by atoms with Crippen LogP contribution in [0.2, 0.25) is 0 Å². The molecule has 1 amide bonds. The molecule has 2 aromatic carbocycles. The van der Waals surface area contributed by atoms with E-state index in [0.29, 0.717) is 28.4 Å². The third kappa shape index (κ3) is 5.34. The largest absolute Gasteiger partial charge is 0.417 e. The molecule has 3 N–H and O–H groups in total. The van der Waals surface area contributed by atoms with Crippen molar-refractivity contribution in [3.63, 3.8) is 0 Å². The van der Waals surface area contributed by atoms with Crippen LogP contribution in [0.4, 0.5) is 19.0 Å². The molecule has 0 aliphatic heterocycles. The van der Waals surface area contributed by atoms with Gasteiger partial charge in [0.05, 0.1) is 23.3 Å². The lowest BCUT2D eigenvalue weighted by atomic mass is 10.1. The minimum Gasteiger partial charge on any atom is -0.383 e. The molecule has 0 saturated carbocycles. The molecule has 3 aromatic heterocycles. The fourth-order valence-electron chi connectivity index (χ4n) is 4.15. The molecule has 0 aliphatic rings. The summed E-state index contributed by atoms with van der Waals surface area (Å²) in [4.78, 5) is 31.0. The van der Waals surface area contributed by atoms with E-state index in [9.17, 15) is 18.0 Å². The summed E-state index contributed by atoms with van der Waals surface area (Å²) in [7, 11) is 0. The maximum absolute atomic E-state index is 13.7. The van der Waals surface area contributed by atoms with Crippen molar-refractivity contribution in [3.8, 4) is 11.4 Å². The standard InChI is InChI=1S/C28H23F3N6O/c1-17-11-21-13-20(5-8-24(21)36-25(17)32)27(38)37(16-23-7-6-22(14-35-23)28(29,30)31)15-18-3-2-4-19(12-18)26-33-9-10-34-26/h2-14H,15-16H2,1H3,(H2,32,36)(H,33,34). The Balaban J connectivity index is 1.48. The number of nitrogen functional groups attached to an aromatic ring is 1. The van der Waals surface area contributed by atoms with Gasteiger partial charge in [-0.25, -0.2) is 9.97 Å². The molecule has 192 valence electrons. The number of amides is 1. The lowest BCUT2D eigenvalue weighted by Gasteiger charge is -2.23. The third-order valence-corrected chi connectivity index (χ3v) is 6.16. The summed E-state index contributed by atoms with van der Waals surface area (Å²) in [5, 5.41) is 0.759. The first kappa shape index (κ1) is 24.9. The van der Waals surface area contributed by atoms with Gasteiger partial charge in [0.25, 0.3) is 5.91 Å². The van der Waals surface area contributed by atoms with E-state index in [-0.39, 0.29) is 19.0 Å². The number of H-pyrrole nitrogens is 1. The quantitative estimate of drug-likeness (QED) is 0.298. The Morgan fingerprint density at radius 3 is 2.58 bits per heavy atom. The SMILES string of the molecule is Cc1cc2cc(C(=O)N(Cc3cccc(-c4ncc[nH]4)c3)Cc3ccc(C(F)(F)F)cn3)ccc2nc1N. The second kappa shape index (κ2) is 9.97. The average Bonchev–Trinajstić information content (AvgIpc) is 3.44. The molecule has 5 rings (SSSR count). The van der Waals surface area contributed by atoms with Gasteiger partial charge in [0, 0.05) is 41.6 Å². The Bertz CT molecular complexity index is 1600. The number of hydrogen-bond donors (Lipinski definition) is 2. The number of carbonyl (C=O) groups excluding carboxylic acids is 1. The van der Waals surface area contributed by atoms with Crippen molar-refractivity contribution in [1.82, 2.24) is 24.8 Å². The van der Waals surface area contributed by atoms with Gasteiger partial charge in [-0.05, 0) is 60.5 Å². The maximum Gasteiger partial charge on any atom is 0.417 e. The van der Waals surface area contributed by atoms with E-state index in [2.05, 4.69) is 19.9 Å². The molecular weight excluding hydrogens is 493 g/mol. The van der Waals surface area contributed by atoms with Crippen molar-refractivity contribution in [3.05, 3.63) is 107 Å².